The van der Waals surface area contributed by atoms with Crippen LogP contribution >= 0.6 is 15.9 Å². The Labute approximate surface area is 112 Å². The maximum Gasteiger partial charge on any atom is 0.427 e. The second kappa shape index (κ2) is 5.72. The number of carbonyl (C=O) groups excluding carboxylic acids is 1. The van der Waals surface area contributed by atoms with Crippen LogP contribution < -0.4 is 14.9 Å². The predicted molar refractivity (Wildman–Crippen MR) is 68.0 cm³/mol. The van der Waals surface area contributed by atoms with Crippen LogP contribution in [0.1, 0.15) is 12.5 Å². The highest BCUT2D eigenvalue weighted by Crippen LogP contribution is 2.36. The molecule has 96 valence electrons. The van der Waals surface area contributed by atoms with Crippen molar-refractivity contribution >= 4 is 28.2 Å². The molecular formula is C11H11BrN2O4. The first-order valence-electron chi connectivity index (χ1n) is 5.25. The van der Waals surface area contributed by atoms with Crippen molar-refractivity contribution in [3.63, 3.8) is 0 Å². The normalized spacial score (nSPS) is 12.8. The van der Waals surface area contributed by atoms with Gasteiger partial charge in [-0.1, -0.05) is 0 Å². The van der Waals surface area contributed by atoms with Gasteiger partial charge in [0.1, 0.15) is 0 Å². The van der Waals surface area contributed by atoms with Crippen LogP contribution in [0.5, 0.6) is 11.5 Å². The summed E-state index contributed by atoms with van der Waals surface area (Å²) in [4.78, 5) is 11.0. The minimum Gasteiger partial charge on any atom is -0.454 e. The van der Waals surface area contributed by atoms with E-state index in [9.17, 15) is 4.79 Å². The molecule has 1 aromatic carbocycles. The van der Waals surface area contributed by atoms with E-state index in [0.29, 0.717) is 18.1 Å². The van der Waals surface area contributed by atoms with E-state index in [4.69, 9.17) is 9.47 Å². The average molecular weight is 315 g/mol. The van der Waals surface area contributed by atoms with Crippen molar-refractivity contribution in [2.45, 2.75) is 6.92 Å². The van der Waals surface area contributed by atoms with E-state index >= 15 is 0 Å². The Morgan fingerprint density at radius 3 is 3.00 bits per heavy atom. The second-order valence-corrected chi connectivity index (χ2v) is 4.17. The number of fused-ring (bicyclic) bond motifs is 1. The van der Waals surface area contributed by atoms with E-state index in [2.05, 4.69) is 31.2 Å². The zero-order valence-electron chi connectivity index (χ0n) is 9.60. The van der Waals surface area contributed by atoms with Crippen LogP contribution in [-0.2, 0) is 4.74 Å². The van der Waals surface area contributed by atoms with Gasteiger partial charge in [-0.05, 0) is 35.0 Å². The van der Waals surface area contributed by atoms with Crippen molar-refractivity contribution in [2.75, 3.05) is 13.4 Å². The van der Waals surface area contributed by atoms with Crippen LogP contribution in [0, 0.1) is 0 Å². The number of amides is 1. The fourth-order valence-corrected chi connectivity index (χ4v) is 1.77. The minimum atomic E-state index is -0.592. The molecule has 0 bridgehead atoms. The van der Waals surface area contributed by atoms with E-state index < -0.39 is 6.09 Å². The maximum atomic E-state index is 11.0. The van der Waals surface area contributed by atoms with Crippen LogP contribution in [-0.4, -0.2) is 25.7 Å². The van der Waals surface area contributed by atoms with Gasteiger partial charge >= 0.3 is 6.09 Å². The molecule has 7 heteroatoms. The van der Waals surface area contributed by atoms with Crippen LogP contribution in [0.25, 0.3) is 0 Å². The smallest absolute Gasteiger partial charge is 0.427 e. The second-order valence-electron chi connectivity index (χ2n) is 3.32. The van der Waals surface area contributed by atoms with Gasteiger partial charge in [0.15, 0.2) is 11.5 Å². The molecule has 0 atom stereocenters. The monoisotopic (exact) mass is 314 g/mol. The molecule has 0 fully saturated rings. The molecule has 1 heterocycles. The Kier molecular flexibility index (Phi) is 4.03. The van der Waals surface area contributed by atoms with E-state index in [1.54, 1.807) is 19.1 Å². The lowest BCUT2D eigenvalue weighted by atomic mass is 10.2. The van der Waals surface area contributed by atoms with E-state index in [1.807, 2.05) is 0 Å². The molecule has 0 aromatic heterocycles. The van der Waals surface area contributed by atoms with Crippen LogP contribution in [0.15, 0.2) is 21.7 Å². The van der Waals surface area contributed by atoms with Gasteiger partial charge in [0.2, 0.25) is 6.79 Å². The first-order valence-corrected chi connectivity index (χ1v) is 6.05. The average Bonchev–Trinajstić information content (AvgIpc) is 2.76. The topological polar surface area (TPSA) is 69.2 Å². The summed E-state index contributed by atoms with van der Waals surface area (Å²) in [6.45, 7) is 2.23. The largest absolute Gasteiger partial charge is 0.454 e. The first-order chi connectivity index (χ1) is 8.70. The Morgan fingerprint density at radius 2 is 2.28 bits per heavy atom. The molecule has 1 aromatic rings. The Hall–Kier alpha value is -1.76. The zero-order valence-corrected chi connectivity index (χ0v) is 11.2. The van der Waals surface area contributed by atoms with Gasteiger partial charge in [-0.25, -0.2) is 10.2 Å². The number of nitrogens with one attached hydrogen (secondary N) is 1. The third kappa shape index (κ3) is 2.92. The molecule has 1 aliphatic heterocycles. The molecule has 0 spiro atoms. The highest BCUT2D eigenvalue weighted by atomic mass is 79.9. The maximum absolute atomic E-state index is 11.0. The minimum absolute atomic E-state index is 0.212. The van der Waals surface area contributed by atoms with Gasteiger partial charge in [0, 0.05) is 10.0 Å². The number of benzene rings is 1. The van der Waals surface area contributed by atoms with Crippen molar-refractivity contribution in [2.24, 2.45) is 5.10 Å². The number of hydrogen-bond donors (Lipinski definition) is 1. The number of halogens is 1. The fourth-order valence-electron chi connectivity index (χ4n) is 1.35. The summed E-state index contributed by atoms with van der Waals surface area (Å²) in [6, 6.07) is 3.55. The lowest BCUT2D eigenvalue weighted by molar-refractivity contribution is 0.152. The van der Waals surface area contributed by atoms with Gasteiger partial charge in [-0.2, -0.15) is 5.10 Å². The molecule has 2 rings (SSSR count). The highest BCUT2D eigenvalue weighted by molar-refractivity contribution is 9.10. The van der Waals surface area contributed by atoms with Gasteiger partial charge in [0.25, 0.3) is 0 Å². The van der Waals surface area contributed by atoms with Crippen molar-refractivity contribution in [1.82, 2.24) is 5.43 Å². The van der Waals surface area contributed by atoms with E-state index in [0.717, 1.165) is 10.0 Å². The van der Waals surface area contributed by atoms with Crippen LogP contribution in [0.4, 0.5) is 4.79 Å². The van der Waals surface area contributed by atoms with E-state index in [1.165, 1.54) is 6.21 Å². The third-order valence-corrected chi connectivity index (χ3v) is 2.81. The van der Waals surface area contributed by atoms with Gasteiger partial charge in [-0.3, -0.25) is 0 Å². The van der Waals surface area contributed by atoms with Crippen LogP contribution in [0.3, 0.4) is 0 Å². The Balaban J connectivity index is 2.05. The quantitative estimate of drug-likeness (QED) is 0.686. The summed E-state index contributed by atoms with van der Waals surface area (Å²) in [5, 5.41) is 3.77. The number of carbonyl (C=O) groups is 1. The molecule has 0 saturated carbocycles. The van der Waals surface area contributed by atoms with Crippen LogP contribution in [0.2, 0.25) is 0 Å². The molecule has 18 heavy (non-hydrogen) atoms. The lowest BCUT2D eigenvalue weighted by Gasteiger charge is -2.02. The first kappa shape index (κ1) is 12.7. The summed E-state index contributed by atoms with van der Waals surface area (Å²) < 4.78 is 15.9. The van der Waals surface area contributed by atoms with Crippen molar-refractivity contribution in [3.05, 3.63) is 22.2 Å². The molecule has 1 amide bonds. The number of hydrazone groups is 1. The third-order valence-electron chi connectivity index (χ3n) is 2.13. The van der Waals surface area contributed by atoms with Gasteiger partial charge < -0.3 is 14.2 Å². The van der Waals surface area contributed by atoms with Crippen molar-refractivity contribution < 1.29 is 19.0 Å². The molecule has 1 aliphatic rings. The highest BCUT2D eigenvalue weighted by Gasteiger charge is 2.15. The van der Waals surface area contributed by atoms with E-state index in [-0.39, 0.29) is 6.79 Å². The summed E-state index contributed by atoms with van der Waals surface area (Å²) in [6.07, 6.45) is 0.897. The Morgan fingerprint density at radius 1 is 1.56 bits per heavy atom. The van der Waals surface area contributed by atoms with Crippen molar-refractivity contribution in [1.29, 1.82) is 0 Å². The predicted octanol–water partition coefficient (Wildman–Crippen LogP) is 2.26. The van der Waals surface area contributed by atoms with Gasteiger partial charge in [0.05, 0.1) is 12.8 Å². The fraction of sp³-hybridized carbons (Fsp3) is 0.273. The molecule has 0 saturated heterocycles. The number of ether oxygens (including phenoxy) is 3. The Bertz CT molecular complexity index is 490. The van der Waals surface area contributed by atoms with Gasteiger partial charge in [-0.15, -0.1) is 0 Å². The molecule has 0 unspecified atom stereocenters. The molecule has 0 radical (unpaired) electrons. The zero-order chi connectivity index (χ0) is 13.0. The summed E-state index contributed by atoms with van der Waals surface area (Å²) in [5.41, 5.74) is 3.00. The molecule has 6 nitrogen and oxygen atoms in total. The molecule has 0 aliphatic carbocycles. The molecule has 1 N–H and O–H groups in total. The molecular weight excluding hydrogens is 304 g/mol. The standard InChI is InChI=1S/C11H11BrN2O4/c1-2-16-11(15)14-13-5-7-3-9-10(4-8(7)12)18-6-17-9/h3-5H,2,6H2,1H3,(H,14,15)/b13-5+. The summed E-state index contributed by atoms with van der Waals surface area (Å²) >= 11 is 3.38. The lowest BCUT2D eigenvalue weighted by Crippen LogP contribution is -2.18. The number of rotatable bonds is 3. The number of hydrogen-bond acceptors (Lipinski definition) is 5. The SMILES string of the molecule is CCOC(=O)N/N=C/c1cc2c(cc1Br)OCO2. The van der Waals surface area contributed by atoms with Crippen molar-refractivity contribution in [3.8, 4) is 11.5 Å². The summed E-state index contributed by atoms with van der Waals surface area (Å²) in [5.74, 6) is 1.33. The number of nitrogens with zero attached hydrogens (tertiary/aromatic N) is 1. The summed E-state index contributed by atoms with van der Waals surface area (Å²) in [7, 11) is 0.